The SMILES string of the molecule is CCOC(=O)C(C#N)(C1CCCC1)C(C)(CC)C1CCCC1. The average molecular weight is 305 g/mol. The quantitative estimate of drug-likeness (QED) is 0.659. The van der Waals surface area contributed by atoms with Crippen LogP contribution >= 0.6 is 0 Å². The zero-order valence-electron chi connectivity index (χ0n) is 14.5. The Morgan fingerprint density at radius 2 is 1.59 bits per heavy atom. The second-order valence-corrected chi connectivity index (χ2v) is 7.37. The van der Waals surface area contributed by atoms with Crippen LogP contribution in [0.2, 0.25) is 0 Å². The predicted octanol–water partition coefficient (Wildman–Crippen LogP) is 4.86. The third kappa shape index (κ3) is 2.55. The zero-order valence-corrected chi connectivity index (χ0v) is 14.5. The molecule has 0 bridgehead atoms. The van der Waals surface area contributed by atoms with Crippen LogP contribution in [0.25, 0.3) is 0 Å². The molecule has 0 spiro atoms. The minimum atomic E-state index is -0.955. The summed E-state index contributed by atoms with van der Waals surface area (Å²) in [7, 11) is 0. The monoisotopic (exact) mass is 305 g/mol. The fourth-order valence-electron chi connectivity index (χ4n) is 5.19. The zero-order chi connectivity index (χ0) is 16.2. The molecule has 0 aromatic heterocycles. The first-order chi connectivity index (χ1) is 10.6. The summed E-state index contributed by atoms with van der Waals surface area (Å²) in [5, 5.41) is 10.2. The molecule has 0 aromatic rings. The van der Waals surface area contributed by atoms with Crippen LogP contribution in [0.15, 0.2) is 0 Å². The maximum atomic E-state index is 13.0. The van der Waals surface area contributed by atoms with Crippen molar-refractivity contribution in [3.05, 3.63) is 0 Å². The molecule has 2 saturated carbocycles. The molecule has 0 N–H and O–H groups in total. The lowest BCUT2D eigenvalue weighted by molar-refractivity contribution is -0.167. The van der Waals surface area contributed by atoms with Crippen LogP contribution in [0.1, 0.15) is 78.6 Å². The molecular formula is C19H31NO2. The van der Waals surface area contributed by atoms with Gasteiger partial charge < -0.3 is 4.74 Å². The number of ether oxygens (including phenoxy) is 1. The van der Waals surface area contributed by atoms with E-state index in [1.165, 1.54) is 12.8 Å². The Hall–Kier alpha value is -1.04. The van der Waals surface area contributed by atoms with Crippen LogP contribution in [0.5, 0.6) is 0 Å². The summed E-state index contributed by atoms with van der Waals surface area (Å²) >= 11 is 0. The van der Waals surface area contributed by atoms with E-state index in [1.807, 2.05) is 6.92 Å². The van der Waals surface area contributed by atoms with E-state index >= 15 is 0 Å². The summed E-state index contributed by atoms with van der Waals surface area (Å²) in [6.07, 6.45) is 9.91. The lowest BCUT2D eigenvalue weighted by Gasteiger charge is -2.49. The summed E-state index contributed by atoms with van der Waals surface area (Å²) in [6.45, 7) is 6.55. The number of carbonyl (C=O) groups is 1. The van der Waals surface area contributed by atoms with Gasteiger partial charge in [-0.05, 0) is 56.3 Å². The smallest absolute Gasteiger partial charge is 0.327 e. The highest BCUT2D eigenvalue weighted by molar-refractivity contribution is 5.82. The highest BCUT2D eigenvalue weighted by atomic mass is 16.5. The number of nitrogens with zero attached hydrogens (tertiary/aromatic N) is 1. The molecule has 22 heavy (non-hydrogen) atoms. The van der Waals surface area contributed by atoms with Gasteiger partial charge in [0.05, 0.1) is 12.7 Å². The predicted molar refractivity (Wildman–Crippen MR) is 87.0 cm³/mol. The molecule has 0 saturated heterocycles. The molecule has 0 amide bonds. The first-order valence-electron chi connectivity index (χ1n) is 9.15. The third-order valence-electron chi connectivity index (χ3n) is 6.63. The van der Waals surface area contributed by atoms with Gasteiger partial charge >= 0.3 is 5.97 Å². The van der Waals surface area contributed by atoms with Crippen molar-refractivity contribution in [1.29, 1.82) is 5.26 Å². The molecule has 2 aliphatic rings. The maximum Gasteiger partial charge on any atom is 0.327 e. The van der Waals surface area contributed by atoms with Gasteiger partial charge in [-0.2, -0.15) is 5.26 Å². The van der Waals surface area contributed by atoms with Crippen molar-refractivity contribution in [1.82, 2.24) is 0 Å². The second kappa shape index (κ2) is 7.02. The summed E-state index contributed by atoms with van der Waals surface area (Å²) < 4.78 is 5.46. The standard InChI is InChI=1S/C19H31NO2/c1-4-18(3,15-10-6-7-11-15)19(14-20,17(21)22-5-2)16-12-8-9-13-16/h15-16H,4-13H2,1-3H3. The number of hydrogen-bond donors (Lipinski definition) is 0. The Balaban J connectivity index is 2.48. The van der Waals surface area contributed by atoms with Gasteiger partial charge in [0.1, 0.15) is 0 Å². The number of nitriles is 1. The number of carbonyl (C=O) groups excluding carboxylic acids is 1. The van der Waals surface area contributed by atoms with Crippen LogP contribution in [0.3, 0.4) is 0 Å². The van der Waals surface area contributed by atoms with Gasteiger partial charge in [-0.25, -0.2) is 0 Å². The van der Waals surface area contributed by atoms with Crippen LogP contribution in [-0.2, 0) is 9.53 Å². The van der Waals surface area contributed by atoms with Gasteiger partial charge in [0.25, 0.3) is 0 Å². The van der Waals surface area contributed by atoms with E-state index < -0.39 is 5.41 Å². The molecule has 124 valence electrons. The van der Waals surface area contributed by atoms with Crippen LogP contribution in [-0.4, -0.2) is 12.6 Å². The first kappa shape index (κ1) is 17.3. The highest BCUT2D eigenvalue weighted by Gasteiger charge is 2.62. The van der Waals surface area contributed by atoms with Crippen LogP contribution in [0, 0.1) is 34.0 Å². The van der Waals surface area contributed by atoms with E-state index in [4.69, 9.17) is 4.74 Å². The summed E-state index contributed by atoms with van der Waals surface area (Å²) in [6, 6.07) is 2.54. The average Bonchev–Trinajstić information content (AvgIpc) is 3.22. The lowest BCUT2D eigenvalue weighted by Crippen LogP contribution is -2.53. The molecule has 2 rings (SSSR count). The molecule has 0 aromatic carbocycles. The van der Waals surface area contributed by atoms with Crippen molar-refractivity contribution in [2.75, 3.05) is 6.61 Å². The molecule has 0 radical (unpaired) electrons. The Morgan fingerprint density at radius 1 is 1.09 bits per heavy atom. The molecule has 2 atom stereocenters. The van der Waals surface area contributed by atoms with Gasteiger partial charge in [0, 0.05) is 0 Å². The molecule has 3 nitrogen and oxygen atoms in total. The van der Waals surface area contributed by atoms with E-state index in [-0.39, 0.29) is 17.3 Å². The van der Waals surface area contributed by atoms with E-state index in [0.29, 0.717) is 12.5 Å². The van der Waals surface area contributed by atoms with Crippen LogP contribution < -0.4 is 0 Å². The fraction of sp³-hybridized carbons (Fsp3) is 0.895. The van der Waals surface area contributed by atoms with Gasteiger partial charge in [-0.15, -0.1) is 0 Å². The molecule has 0 heterocycles. The van der Waals surface area contributed by atoms with E-state index in [2.05, 4.69) is 19.9 Å². The first-order valence-corrected chi connectivity index (χ1v) is 9.15. The molecule has 2 unspecified atom stereocenters. The Bertz CT molecular complexity index is 429. The topological polar surface area (TPSA) is 50.1 Å². The molecule has 3 heteroatoms. The van der Waals surface area contributed by atoms with Crippen LogP contribution in [0.4, 0.5) is 0 Å². The van der Waals surface area contributed by atoms with Gasteiger partial charge in [0.2, 0.25) is 0 Å². The largest absolute Gasteiger partial charge is 0.465 e. The second-order valence-electron chi connectivity index (χ2n) is 7.37. The molecule has 2 fully saturated rings. The lowest BCUT2D eigenvalue weighted by atomic mass is 9.52. The Morgan fingerprint density at radius 3 is 2.00 bits per heavy atom. The Labute approximate surface area is 135 Å². The minimum Gasteiger partial charge on any atom is -0.465 e. The molecule has 2 aliphatic carbocycles. The highest BCUT2D eigenvalue weighted by Crippen LogP contribution is 2.59. The maximum absolute atomic E-state index is 13.0. The fourth-order valence-corrected chi connectivity index (χ4v) is 5.19. The number of rotatable bonds is 6. The van der Waals surface area contributed by atoms with Gasteiger partial charge in [-0.3, -0.25) is 4.79 Å². The van der Waals surface area contributed by atoms with Gasteiger partial charge in [0.15, 0.2) is 5.41 Å². The van der Waals surface area contributed by atoms with Crippen molar-refractivity contribution in [2.45, 2.75) is 78.6 Å². The summed E-state index contributed by atoms with van der Waals surface area (Å²) in [4.78, 5) is 13.0. The van der Waals surface area contributed by atoms with Crippen molar-refractivity contribution in [3.63, 3.8) is 0 Å². The van der Waals surface area contributed by atoms with Gasteiger partial charge in [-0.1, -0.05) is 39.5 Å². The summed E-state index contributed by atoms with van der Waals surface area (Å²) in [5.74, 6) is 0.393. The normalized spacial score (nSPS) is 25.4. The minimum absolute atomic E-state index is 0.169. The van der Waals surface area contributed by atoms with Crippen molar-refractivity contribution < 1.29 is 9.53 Å². The van der Waals surface area contributed by atoms with E-state index in [9.17, 15) is 10.1 Å². The number of esters is 1. The molecular weight excluding hydrogens is 274 g/mol. The van der Waals surface area contributed by atoms with Crippen molar-refractivity contribution in [3.8, 4) is 6.07 Å². The van der Waals surface area contributed by atoms with E-state index in [0.717, 1.165) is 44.9 Å². The van der Waals surface area contributed by atoms with Crippen molar-refractivity contribution >= 4 is 5.97 Å². The van der Waals surface area contributed by atoms with E-state index in [1.54, 1.807) is 0 Å². The number of hydrogen-bond acceptors (Lipinski definition) is 3. The third-order valence-corrected chi connectivity index (χ3v) is 6.63. The summed E-state index contributed by atoms with van der Waals surface area (Å²) in [5.41, 5.74) is -1.22. The van der Waals surface area contributed by atoms with Crippen molar-refractivity contribution in [2.24, 2.45) is 22.7 Å². The Kier molecular flexibility index (Phi) is 5.53. The molecule has 0 aliphatic heterocycles.